The Balaban J connectivity index is 1.56. The molecule has 3 rings (SSSR count). The smallest absolute Gasteiger partial charge is 0.120 e. The lowest BCUT2D eigenvalue weighted by atomic mass is 10.4. The van der Waals surface area contributed by atoms with Gasteiger partial charge in [-0.1, -0.05) is 0 Å². The number of nitrogens with zero attached hydrogens (tertiary/aromatic N) is 3. The molecule has 2 N–H and O–H groups in total. The Morgan fingerprint density at radius 3 is 3.12 bits per heavy atom. The number of nitrogens with one attached hydrogen (secondary N) is 2. The molecule has 1 aliphatic carbocycles. The highest BCUT2D eigenvalue weighted by Gasteiger charge is 2.24. The second-order valence-electron chi connectivity index (χ2n) is 4.16. The summed E-state index contributed by atoms with van der Waals surface area (Å²) in [5.41, 5.74) is 1.26. The number of imidazole rings is 2. The van der Waals surface area contributed by atoms with Crippen LogP contribution >= 0.6 is 0 Å². The monoisotopic (exact) mass is 217 g/mol. The molecule has 2 aromatic rings. The molecule has 84 valence electrons. The number of aromatic nitrogens is 4. The lowest BCUT2D eigenvalue weighted by Gasteiger charge is -2.06. The van der Waals surface area contributed by atoms with Crippen LogP contribution in [-0.4, -0.2) is 19.5 Å². The van der Waals surface area contributed by atoms with Crippen molar-refractivity contribution < 1.29 is 0 Å². The fourth-order valence-electron chi connectivity index (χ4n) is 1.85. The molecule has 0 saturated heterocycles. The van der Waals surface area contributed by atoms with E-state index in [9.17, 15) is 0 Å². The number of rotatable bonds is 5. The van der Waals surface area contributed by atoms with E-state index in [1.54, 1.807) is 6.20 Å². The van der Waals surface area contributed by atoms with Gasteiger partial charge in [-0.05, 0) is 12.8 Å². The fraction of sp³-hybridized carbons (Fsp3) is 0.455. The zero-order valence-corrected chi connectivity index (χ0v) is 9.06. The predicted molar refractivity (Wildman–Crippen MR) is 59.6 cm³/mol. The molecule has 0 aromatic carbocycles. The SMILES string of the molecule is c1c[nH]c(CNCc2cncn2C2CC2)n1. The van der Waals surface area contributed by atoms with E-state index in [4.69, 9.17) is 0 Å². The lowest BCUT2D eigenvalue weighted by Crippen LogP contribution is -2.16. The summed E-state index contributed by atoms with van der Waals surface area (Å²) >= 11 is 0. The third kappa shape index (κ3) is 1.99. The average Bonchev–Trinajstić information content (AvgIpc) is 2.82. The van der Waals surface area contributed by atoms with Gasteiger partial charge in [0.2, 0.25) is 0 Å². The van der Waals surface area contributed by atoms with Gasteiger partial charge < -0.3 is 14.9 Å². The summed E-state index contributed by atoms with van der Waals surface area (Å²) in [4.78, 5) is 11.4. The van der Waals surface area contributed by atoms with E-state index in [1.165, 1.54) is 18.5 Å². The van der Waals surface area contributed by atoms with Crippen LogP contribution in [0.1, 0.15) is 30.4 Å². The van der Waals surface area contributed by atoms with Crippen LogP contribution < -0.4 is 5.32 Å². The number of H-pyrrole nitrogens is 1. The van der Waals surface area contributed by atoms with Crippen molar-refractivity contribution in [3.63, 3.8) is 0 Å². The molecule has 1 aliphatic rings. The minimum Gasteiger partial charge on any atom is -0.348 e. The highest BCUT2D eigenvalue weighted by Crippen LogP contribution is 2.35. The van der Waals surface area contributed by atoms with Gasteiger partial charge in [0, 0.05) is 31.2 Å². The molecule has 0 unspecified atom stereocenters. The van der Waals surface area contributed by atoms with Crippen molar-refractivity contribution in [2.24, 2.45) is 0 Å². The van der Waals surface area contributed by atoms with E-state index in [1.807, 2.05) is 18.7 Å². The molecule has 2 heterocycles. The Hall–Kier alpha value is -1.62. The largest absolute Gasteiger partial charge is 0.348 e. The normalized spacial score (nSPS) is 15.5. The van der Waals surface area contributed by atoms with E-state index >= 15 is 0 Å². The Bertz CT molecular complexity index is 441. The summed E-state index contributed by atoms with van der Waals surface area (Å²) in [5.74, 6) is 0.970. The first-order valence-corrected chi connectivity index (χ1v) is 5.63. The van der Waals surface area contributed by atoms with E-state index in [0.717, 1.165) is 18.9 Å². The van der Waals surface area contributed by atoms with Crippen LogP contribution in [0.3, 0.4) is 0 Å². The Morgan fingerprint density at radius 2 is 2.38 bits per heavy atom. The summed E-state index contributed by atoms with van der Waals surface area (Å²) in [5, 5.41) is 3.36. The molecule has 0 bridgehead atoms. The predicted octanol–water partition coefficient (Wildman–Crippen LogP) is 1.23. The summed E-state index contributed by atoms with van der Waals surface area (Å²) in [6.07, 6.45) is 10.1. The van der Waals surface area contributed by atoms with Gasteiger partial charge >= 0.3 is 0 Å². The van der Waals surface area contributed by atoms with Crippen molar-refractivity contribution in [1.82, 2.24) is 24.8 Å². The lowest BCUT2D eigenvalue weighted by molar-refractivity contribution is 0.610. The highest BCUT2D eigenvalue weighted by molar-refractivity contribution is 5.03. The van der Waals surface area contributed by atoms with Gasteiger partial charge in [0.05, 0.1) is 18.6 Å². The number of hydrogen-bond donors (Lipinski definition) is 2. The molecule has 0 radical (unpaired) electrons. The van der Waals surface area contributed by atoms with Gasteiger partial charge in [-0.2, -0.15) is 0 Å². The third-order valence-corrected chi connectivity index (χ3v) is 2.84. The molecule has 0 amide bonds. The Labute approximate surface area is 93.9 Å². The van der Waals surface area contributed by atoms with Gasteiger partial charge in [-0.3, -0.25) is 0 Å². The minimum atomic E-state index is 0.697. The van der Waals surface area contributed by atoms with Gasteiger partial charge in [0.15, 0.2) is 0 Å². The molecule has 1 fully saturated rings. The van der Waals surface area contributed by atoms with Crippen LogP contribution in [0.2, 0.25) is 0 Å². The quantitative estimate of drug-likeness (QED) is 0.792. The van der Waals surface area contributed by atoms with Crippen molar-refractivity contribution in [3.8, 4) is 0 Å². The molecule has 16 heavy (non-hydrogen) atoms. The third-order valence-electron chi connectivity index (χ3n) is 2.84. The molecule has 5 heteroatoms. The second-order valence-corrected chi connectivity index (χ2v) is 4.16. The summed E-state index contributed by atoms with van der Waals surface area (Å²) in [6.45, 7) is 1.61. The molecule has 0 aliphatic heterocycles. The molecular formula is C11H15N5. The number of aromatic amines is 1. The first-order chi connectivity index (χ1) is 7.93. The van der Waals surface area contributed by atoms with E-state index < -0.39 is 0 Å². The van der Waals surface area contributed by atoms with Crippen LogP contribution in [0, 0.1) is 0 Å². The standard InChI is InChI=1S/C11H15N5/c1-2-9(1)16-8-13-6-10(16)5-12-7-11-14-3-4-15-11/h3-4,6,8-9,12H,1-2,5,7H2,(H,14,15). The second kappa shape index (κ2) is 4.09. The molecule has 2 aromatic heterocycles. The van der Waals surface area contributed by atoms with E-state index in [0.29, 0.717) is 6.04 Å². The van der Waals surface area contributed by atoms with Crippen molar-refractivity contribution in [1.29, 1.82) is 0 Å². The van der Waals surface area contributed by atoms with Gasteiger partial charge in [-0.25, -0.2) is 9.97 Å². The molecular weight excluding hydrogens is 202 g/mol. The zero-order valence-electron chi connectivity index (χ0n) is 9.06. The van der Waals surface area contributed by atoms with Gasteiger partial charge in [-0.15, -0.1) is 0 Å². The number of hydrogen-bond acceptors (Lipinski definition) is 3. The molecule has 5 nitrogen and oxygen atoms in total. The van der Waals surface area contributed by atoms with Crippen LogP contribution in [0.4, 0.5) is 0 Å². The summed E-state index contributed by atoms with van der Waals surface area (Å²) in [6, 6.07) is 0.697. The zero-order chi connectivity index (χ0) is 10.8. The Morgan fingerprint density at radius 1 is 1.44 bits per heavy atom. The minimum absolute atomic E-state index is 0.697. The first kappa shape index (κ1) is 9.59. The first-order valence-electron chi connectivity index (χ1n) is 5.63. The van der Waals surface area contributed by atoms with Crippen molar-refractivity contribution in [2.75, 3.05) is 0 Å². The van der Waals surface area contributed by atoms with Gasteiger partial charge in [0.25, 0.3) is 0 Å². The van der Waals surface area contributed by atoms with Crippen molar-refractivity contribution >= 4 is 0 Å². The molecule has 0 spiro atoms. The van der Waals surface area contributed by atoms with E-state index in [-0.39, 0.29) is 0 Å². The Kier molecular flexibility index (Phi) is 2.46. The fourth-order valence-corrected chi connectivity index (χ4v) is 1.85. The topological polar surface area (TPSA) is 58.5 Å². The van der Waals surface area contributed by atoms with Crippen LogP contribution in [0.5, 0.6) is 0 Å². The van der Waals surface area contributed by atoms with Crippen LogP contribution in [-0.2, 0) is 13.1 Å². The molecule has 0 atom stereocenters. The maximum atomic E-state index is 4.20. The van der Waals surface area contributed by atoms with Crippen molar-refractivity contribution in [2.45, 2.75) is 32.0 Å². The maximum absolute atomic E-state index is 4.20. The average molecular weight is 217 g/mol. The summed E-state index contributed by atoms with van der Waals surface area (Å²) in [7, 11) is 0. The van der Waals surface area contributed by atoms with Crippen LogP contribution in [0.15, 0.2) is 24.9 Å². The van der Waals surface area contributed by atoms with Crippen molar-refractivity contribution in [3.05, 3.63) is 36.4 Å². The molecule has 1 saturated carbocycles. The van der Waals surface area contributed by atoms with Gasteiger partial charge in [0.1, 0.15) is 5.82 Å². The highest BCUT2D eigenvalue weighted by atomic mass is 15.1. The van der Waals surface area contributed by atoms with E-state index in [2.05, 4.69) is 24.8 Å². The summed E-state index contributed by atoms with van der Waals surface area (Å²) < 4.78 is 2.27. The van der Waals surface area contributed by atoms with Crippen LogP contribution in [0.25, 0.3) is 0 Å². The maximum Gasteiger partial charge on any atom is 0.120 e.